The molecule has 2 N–H and O–H groups in total. The van der Waals surface area contributed by atoms with E-state index in [9.17, 15) is 4.79 Å². The van der Waals surface area contributed by atoms with Crippen LogP contribution >= 0.6 is 28.1 Å². The van der Waals surface area contributed by atoms with Crippen LogP contribution in [0, 0.1) is 6.92 Å². The van der Waals surface area contributed by atoms with E-state index in [2.05, 4.69) is 36.4 Å². The summed E-state index contributed by atoms with van der Waals surface area (Å²) < 4.78 is 7.44. The second kappa shape index (κ2) is 10.2. The zero-order chi connectivity index (χ0) is 25.2. The second-order valence-corrected chi connectivity index (χ2v) is 9.91. The number of hydrogen-bond donors (Lipinski definition) is 2. The Morgan fingerprint density at radius 2 is 1.94 bits per heavy atom. The smallest absolute Gasteiger partial charge is 0.224 e. The van der Waals surface area contributed by atoms with Gasteiger partial charge in [-0.1, -0.05) is 41.1 Å². The van der Waals surface area contributed by atoms with Crippen LogP contribution in [-0.4, -0.2) is 16.0 Å². The maximum absolute atomic E-state index is 11.9. The molecule has 0 saturated carbocycles. The SMILES string of the molecule is CCC(=O)Nc1ccc(N2C(=S)N[C@H](c3ccccn3)[C@H]2c2ccc(-c3ccc(Br)cc3)o2)cc1C. The minimum absolute atomic E-state index is 0.0200. The van der Waals surface area contributed by atoms with Gasteiger partial charge in [0.05, 0.1) is 11.7 Å². The van der Waals surface area contributed by atoms with E-state index in [0.717, 1.165) is 44.2 Å². The lowest BCUT2D eigenvalue weighted by Crippen LogP contribution is -2.29. The molecular formula is C28H25BrN4O2S. The average molecular weight is 562 g/mol. The van der Waals surface area contributed by atoms with Gasteiger partial charge >= 0.3 is 0 Å². The van der Waals surface area contributed by atoms with Crippen molar-refractivity contribution in [1.82, 2.24) is 10.3 Å². The van der Waals surface area contributed by atoms with Crippen LogP contribution in [0.5, 0.6) is 0 Å². The van der Waals surface area contributed by atoms with Crippen LogP contribution in [0.1, 0.15) is 42.4 Å². The molecule has 6 nitrogen and oxygen atoms in total. The molecule has 182 valence electrons. The maximum Gasteiger partial charge on any atom is 0.224 e. The van der Waals surface area contributed by atoms with E-state index in [1.165, 1.54) is 0 Å². The minimum Gasteiger partial charge on any atom is -0.459 e. The number of aryl methyl sites for hydroxylation is 1. The summed E-state index contributed by atoms with van der Waals surface area (Å²) in [6.45, 7) is 3.81. The molecule has 5 rings (SSSR count). The Morgan fingerprint density at radius 1 is 1.14 bits per heavy atom. The van der Waals surface area contributed by atoms with Crippen LogP contribution in [0.25, 0.3) is 11.3 Å². The lowest BCUT2D eigenvalue weighted by atomic mass is 10.0. The van der Waals surface area contributed by atoms with E-state index < -0.39 is 0 Å². The van der Waals surface area contributed by atoms with Crippen molar-refractivity contribution in [3.63, 3.8) is 0 Å². The maximum atomic E-state index is 11.9. The van der Waals surface area contributed by atoms with Crippen molar-refractivity contribution >= 4 is 50.5 Å². The molecule has 0 aliphatic carbocycles. The van der Waals surface area contributed by atoms with Crippen LogP contribution in [0.3, 0.4) is 0 Å². The Labute approximate surface area is 223 Å². The van der Waals surface area contributed by atoms with Gasteiger partial charge in [0.25, 0.3) is 0 Å². The molecule has 8 heteroatoms. The first-order valence-electron chi connectivity index (χ1n) is 11.7. The van der Waals surface area contributed by atoms with Gasteiger partial charge in [0, 0.05) is 34.0 Å². The normalized spacial score (nSPS) is 17.2. The van der Waals surface area contributed by atoms with E-state index in [0.29, 0.717) is 11.5 Å². The molecule has 1 saturated heterocycles. The number of carbonyl (C=O) groups excluding carboxylic acids is 1. The number of pyridine rings is 1. The van der Waals surface area contributed by atoms with Crippen LogP contribution in [0.15, 0.2) is 87.9 Å². The van der Waals surface area contributed by atoms with E-state index in [1.807, 2.05) is 86.6 Å². The standard InChI is InChI=1S/C28H25BrN4O2S/c1-3-25(34)31-21-12-11-20(16-17(21)2)33-27(26(32-28(33)36)22-6-4-5-15-30-22)24-14-13-23(35-24)18-7-9-19(29)10-8-18/h4-16,26-27H,3H2,1-2H3,(H,31,34)(H,32,36)/t26-,27-/m1/s1. The molecule has 4 aromatic rings. The number of nitrogens with zero attached hydrogens (tertiary/aromatic N) is 2. The van der Waals surface area contributed by atoms with Crippen LogP contribution in [-0.2, 0) is 4.79 Å². The van der Waals surface area contributed by atoms with Gasteiger partial charge in [-0.15, -0.1) is 0 Å². The Bertz CT molecular complexity index is 1400. The zero-order valence-electron chi connectivity index (χ0n) is 19.9. The number of rotatable bonds is 6. The summed E-state index contributed by atoms with van der Waals surface area (Å²) in [4.78, 5) is 18.6. The third-order valence-electron chi connectivity index (χ3n) is 6.23. The van der Waals surface area contributed by atoms with Crippen LogP contribution in [0.2, 0.25) is 0 Å². The number of amides is 1. The molecule has 2 aromatic carbocycles. The number of anilines is 2. The molecular weight excluding hydrogens is 536 g/mol. The Morgan fingerprint density at radius 3 is 2.64 bits per heavy atom. The van der Waals surface area contributed by atoms with Crippen LogP contribution in [0.4, 0.5) is 11.4 Å². The third kappa shape index (κ3) is 4.79. The fourth-order valence-corrected chi connectivity index (χ4v) is 4.99. The van der Waals surface area contributed by atoms with Gasteiger partial charge in [0.2, 0.25) is 5.91 Å². The van der Waals surface area contributed by atoms with E-state index >= 15 is 0 Å². The first-order chi connectivity index (χ1) is 17.4. The molecule has 36 heavy (non-hydrogen) atoms. The number of carbonyl (C=O) groups is 1. The van der Waals surface area contributed by atoms with Gasteiger partial charge in [-0.2, -0.15) is 0 Å². The first kappa shape index (κ1) is 24.2. The van der Waals surface area contributed by atoms with Crippen molar-refractivity contribution in [3.05, 3.63) is 100 Å². The van der Waals surface area contributed by atoms with Crippen molar-refractivity contribution < 1.29 is 9.21 Å². The van der Waals surface area contributed by atoms with Gasteiger partial charge < -0.3 is 20.0 Å². The highest BCUT2D eigenvalue weighted by Crippen LogP contribution is 2.43. The molecule has 1 aliphatic heterocycles. The third-order valence-corrected chi connectivity index (χ3v) is 7.07. The highest BCUT2D eigenvalue weighted by atomic mass is 79.9. The van der Waals surface area contributed by atoms with Gasteiger partial charge in [-0.05, 0) is 79.3 Å². The molecule has 3 heterocycles. The predicted octanol–water partition coefficient (Wildman–Crippen LogP) is 6.94. The Balaban J connectivity index is 1.55. The largest absolute Gasteiger partial charge is 0.459 e. The minimum atomic E-state index is -0.257. The predicted molar refractivity (Wildman–Crippen MR) is 150 cm³/mol. The molecule has 1 amide bonds. The molecule has 0 bridgehead atoms. The number of halogens is 1. The summed E-state index contributed by atoms with van der Waals surface area (Å²) in [6.07, 6.45) is 2.21. The van der Waals surface area contributed by atoms with E-state index in [1.54, 1.807) is 6.20 Å². The Hall–Kier alpha value is -3.49. The van der Waals surface area contributed by atoms with E-state index in [4.69, 9.17) is 16.6 Å². The zero-order valence-corrected chi connectivity index (χ0v) is 22.3. The van der Waals surface area contributed by atoms with Crippen molar-refractivity contribution in [2.75, 3.05) is 10.2 Å². The number of benzene rings is 2. The number of furan rings is 1. The fourth-order valence-electron chi connectivity index (χ4n) is 4.38. The van der Waals surface area contributed by atoms with Crippen LogP contribution < -0.4 is 15.5 Å². The van der Waals surface area contributed by atoms with Gasteiger partial charge in [0.1, 0.15) is 17.6 Å². The molecule has 0 unspecified atom stereocenters. The molecule has 2 atom stereocenters. The second-order valence-electron chi connectivity index (χ2n) is 8.61. The highest BCUT2D eigenvalue weighted by molar-refractivity contribution is 9.10. The van der Waals surface area contributed by atoms with Crippen molar-refractivity contribution in [2.24, 2.45) is 0 Å². The first-order valence-corrected chi connectivity index (χ1v) is 12.9. The van der Waals surface area contributed by atoms with Crippen molar-refractivity contribution in [1.29, 1.82) is 0 Å². The number of thiocarbonyl (C=S) groups is 1. The monoisotopic (exact) mass is 560 g/mol. The molecule has 1 aliphatic rings. The topological polar surface area (TPSA) is 70.4 Å². The van der Waals surface area contributed by atoms with Gasteiger partial charge in [-0.25, -0.2) is 0 Å². The summed E-state index contributed by atoms with van der Waals surface area (Å²) in [7, 11) is 0. The molecule has 1 fully saturated rings. The molecule has 0 radical (unpaired) electrons. The summed E-state index contributed by atoms with van der Waals surface area (Å²) >= 11 is 9.32. The lowest BCUT2D eigenvalue weighted by Gasteiger charge is -2.26. The molecule has 0 spiro atoms. The fraction of sp³-hybridized carbons (Fsp3) is 0.179. The van der Waals surface area contributed by atoms with Gasteiger partial charge in [0.15, 0.2) is 5.11 Å². The number of hydrogen-bond acceptors (Lipinski definition) is 4. The van der Waals surface area contributed by atoms with Crippen molar-refractivity contribution in [3.8, 4) is 11.3 Å². The summed E-state index contributed by atoms with van der Waals surface area (Å²) in [6, 6.07) is 23.3. The number of nitrogens with one attached hydrogen (secondary N) is 2. The Kier molecular flexibility index (Phi) is 6.89. The summed E-state index contributed by atoms with van der Waals surface area (Å²) in [5, 5.41) is 7.00. The molecule has 2 aromatic heterocycles. The average Bonchev–Trinajstić information content (AvgIpc) is 3.51. The summed E-state index contributed by atoms with van der Waals surface area (Å²) in [5.41, 5.74) is 4.51. The summed E-state index contributed by atoms with van der Waals surface area (Å²) in [5.74, 6) is 1.54. The van der Waals surface area contributed by atoms with Gasteiger partial charge in [-0.3, -0.25) is 9.78 Å². The highest BCUT2D eigenvalue weighted by Gasteiger charge is 2.42. The quantitative estimate of drug-likeness (QED) is 0.249. The van der Waals surface area contributed by atoms with Crippen molar-refractivity contribution in [2.45, 2.75) is 32.4 Å². The lowest BCUT2D eigenvalue weighted by molar-refractivity contribution is -0.115. The number of aromatic nitrogens is 1. The van der Waals surface area contributed by atoms with E-state index in [-0.39, 0.29) is 18.0 Å².